The summed E-state index contributed by atoms with van der Waals surface area (Å²) in [5.74, 6) is -0.963. The molecule has 0 aliphatic carbocycles. The van der Waals surface area contributed by atoms with Crippen molar-refractivity contribution in [3.63, 3.8) is 0 Å². The molecule has 0 aromatic heterocycles. The maximum absolute atomic E-state index is 13.0. The number of amides is 3. The highest BCUT2D eigenvalue weighted by molar-refractivity contribution is 9.10. The molecular formula is C18H14BrN3O3. The minimum atomic E-state index is -1.39. The highest BCUT2D eigenvalue weighted by Crippen LogP contribution is 2.39. The summed E-state index contributed by atoms with van der Waals surface area (Å²) in [6, 6.07) is 13.9. The van der Waals surface area contributed by atoms with Gasteiger partial charge in [0, 0.05) is 23.0 Å². The van der Waals surface area contributed by atoms with Gasteiger partial charge in [-0.15, -0.1) is 0 Å². The van der Waals surface area contributed by atoms with Gasteiger partial charge in [-0.05, 0) is 36.4 Å². The molecule has 7 heteroatoms. The SMILES string of the molecule is O=C1N[C@]2(C(=O)Nc3ccc(Br)cc3)CCC(=O)N2c2ccccc21. The van der Waals surface area contributed by atoms with Gasteiger partial charge < -0.3 is 10.6 Å². The number of carbonyl (C=O) groups excluding carboxylic acids is 3. The molecule has 2 aromatic carbocycles. The summed E-state index contributed by atoms with van der Waals surface area (Å²) in [5.41, 5.74) is 0.0646. The van der Waals surface area contributed by atoms with E-state index in [-0.39, 0.29) is 24.7 Å². The number of hydrogen-bond acceptors (Lipinski definition) is 3. The van der Waals surface area contributed by atoms with Gasteiger partial charge in [0.25, 0.3) is 11.8 Å². The van der Waals surface area contributed by atoms with E-state index in [4.69, 9.17) is 0 Å². The predicted molar refractivity (Wildman–Crippen MR) is 96.1 cm³/mol. The average Bonchev–Trinajstić information content (AvgIpc) is 2.95. The topological polar surface area (TPSA) is 78.5 Å². The first kappa shape index (κ1) is 15.8. The average molecular weight is 400 g/mol. The lowest BCUT2D eigenvalue weighted by atomic mass is 9.98. The monoisotopic (exact) mass is 399 g/mol. The Balaban J connectivity index is 1.74. The Morgan fingerprint density at radius 2 is 1.84 bits per heavy atom. The zero-order valence-electron chi connectivity index (χ0n) is 13.1. The Labute approximate surface area is 152 Å². The van der Waals surface area contributed by atoms with Crippen LogP contribution in [0.2, 0.25) is 0 Å². The van der Waals surface area contributed by atoms with Crippen molar-refractivity contribution in [2.24, 2.45) is 0 Å². The van der Waals surface area contributed by atoms with Crippen molar-refractivity contribution in [2.45, 2.75) is 18.5 Å². The molecule has 3 amide bonds. The first-order valence-electron chi connectivity index (χ1n) is 7.83. The number of anilines is 2. The summed E-state index contributed by atoms with van der Waals surface area (Å²) in [4.78, 5) is 39.4. The zero-order chi connectivity index (χ0) is 17.6. The molecule has 0 radical (unpaired) electrons. The summed E-state index contributed by atoms with van der Waals surface area (Å²) in [6.07, 6.45) is 0.427. The minimum Gasteiger partial charge on any atom is -0.322 e. The van der Waals surface area contributed by atoms with Crippen LogP contribution in [0.3, 0.4) is 0 Å². The highest BCUT2D eigenvalue weighted by atomic mass is 79.9. The first-order valence-corrected chi connectivity index (χ1v) is 8.62. The molecular weight excluding hydrogens is 386 g/mol. The number of hydrogen-bond donors (Lipinski definition) is 2. The van der Waals surface area contributed by atoms with Gasteiger partial charge in [0.05, 0.1) is 11.3 Å². The van der Waals surface area contributed by atoms with Gasteiger partial charge in [-0.2, -0.15) is 0 Å². The van der Waals surface area contributed by atoms with Crippen LogP contribution in [-0.2, 0) is 9.59 Å². The van der Waals surface area contributed by atoms with Gasteiger partial charge in [-0.25, -0.2) is 0 Å². The van der Waals surface area contributed by atoms with Crippen molar-refractivity contribution >= 4 is 45.0 Å². The quantitative estimate of drug-likeness (QED) is 0.814. The van der Waals surface area contributed by atoms with Crippen molar-refractivity contribution in [3.8, 4) is 0 Å². The fourth-order valence-corrected chi connectivity index (χ4v) is 3.60. The van der Waals surface area contributed by atoms with E-state index in [9.17, 15) is 14.4 Å². The molecule has 6 nitrogen and oxygen atoms in total. The molecule has 1 saturated heterocycles. The van der Waals surface area contributed by atoms with E-state index in [1.165, 1.54) is 4.90 Å². The maximum Gasteiger partial charge on any atom is 0.271 e. The predicted octanol–water partition coefficient (Wildman–Crippen LogP) is 2.65. The smallest absolute Gasteiger partial charge is 0.271 e. The Hall–Kier alpha value is -2.67. The second-order valence-electron chi connectivity index (χ2n) is 6.02. The Bertz CT molecular complexity index is 897. The molecule has 126 valence electrons. The van der Waals surface area contributed by atoms with Gasteiger partial charge in [-0.1, -0.05) is 28.1 Å². The van der Waals surface area contributed by atoms with Crippen LogP contribution in [0, 0.1) is 0 Å². The summed E-state index contributed by atoms with van der Waals surface area (Å²) < 4.78 is 0.890. The molecule has 4 rings (SSSR count). The van der Waals surface area contributed by atoms with E-state index in [2.05, 4.69) is 26.6 Å². The highest BCUT2D eigenvalue weighted by Gasteiger charge is 2.56. The van der Waals surface area contributed by atoms with E-state index >= 15 is 0 Å². The fourth-order valence-electron chi connectivity index (χ4n) is 3.34. The minimum absolute atomic E-state index is 0.182. The summed E-state index contributed by atoms with van der Waals surface area (Å²) in [5, 5.41) is 5.56. The van der Waals surface area contributed by atoms with Crippen molar-refractivity contribution in [1.82, 2.24) is 5.32 Å². The van der Waals surface area contributed by atoms with E-state index in [1.807, 2.05) is 0 Å². The molecule has 0 spiro atoms. The van der Waals surface area contributed by atoms with Crippen LogP contribution in [0.25, 0.3) is 0 Å². The number of halogens is 1. The zero-order valence-corrected chi connectivity index (χ0v) is 14.7. The molecule has 2 heterocycles. The number of nitrogens with one attached hydrogen (secondary N) is 2. The van der Waals surface area contributed by atoms with Gasteiger partial charge in [0.1, 0.15) is 0 Å². The van der Waals surface area contributed by atoms with Crippen LogP contribution in [0.5, 0.6) is 0 Å². The lowest BCUT2D eigenvalue weighted by Gasteiger charge is -2.41. The molecule has 1 fully saturated rings. The van der Waals surface area contributed by atoms with Gasteiger partial charge in [-0.3, -0.25) is 19.3 Å². The number of fused-ring (bicyclic) bond motifs is 3. The molecule has 25 heavy (non-hydrogen) atoms. The Kier molecular flexibility index (Phi) is 3.61. The molecule has 2 aromatic rings. The molecule has 2 aliphatic heterocycles. The van der Waals surface area contributed by atoms with Gasteiger partial charge >= 0.3 is 0 Å². The first-order chi connectivity index (χ1) is 12.0. The molecule has 2 aliphatic rings. The van der Waals surface area contributed by atoms with Crippen LogP contribution < -0.4 is 15.5 Å². The van der Waals surface area contributed by atoms with Crippen molar-refractivity contribution in [2.75, 3.05) is 10.2 Å². The molecule has 0 bridgehead atoms. The lowest BCUT2D eigenvalue weighted by Crippen LogP contribution is -2.68. The van der Waals surface area contributed by atoms with Gasteiger partial charge in [0.2, 0.25) is 11.6 Å². The third-order valence-electron chi connectivity index (χ3n) is 4.52. The maximum atomic E-state index is 13.0. The van der Waals surface area contributed by atoms with Crippen LogP contribution in [0.15, 0.2) is 53.0 Å². The van der Waals surface area contributed by atoms with Crippen LogP contribution in [0.1, 0.15) is 23.2 Å². The van der Waals surface area contributed by atoms with E-state index in [1.54, 1.807) is 48.5 Å². The largest absolute Gasteiger partial charge is 0.322 e. The van der Waals surface area contributed by atoms with Crippen molar-refractivity contribution in [3.05, 3.63) is 58.6 Å². The lowest BCUT2D eigenvalue weighted by molar-refractivity contribution is -0.124. The number of nitrogens with zero attached hydrogens (tertiary/aromatic N) is 1. The summed E-state index contributed by atoms with van der Waals surface area (Å²) in [6.45, 7) is 0. The third-order valence-corrected chi connectivity index (χ3v) is 5.05. The molecule has 0 unspecified atom stereocenters. The number of carbonyl (C=O) groups is 3. The molecule has 0 saturated carbocycles. The summed E-state index contributed by atoms with van der Waals surface area (Å²) in [7, 11) is 0. The fraction of sp³-hybridized carbons (Fsp3) is 0.167. The number of benzene rings is 2. The number of para-hydroxylation sites is 1. The Morgan fingerprint density at radius 1 is 1.12 bits per heavy atom. The van der Waals surface area contributed by atoms with Crippen molar-refractivity contribution < 1.29 is 14.4 Å². The van der Waals surface area contributed by atoms with E-state index < -0.39 is 11.6 Å². The van der Waals surface area contributed by atoms with Crippen LogP contribution in [-0.4, -0.2) is 23.4 Å². The van der Waals surface area contributed by atoms with Gasteiger partial charge in [0.15, 0.2) is 0 Å². The van der Waals surface area contributed by atoms with Crippen LogP contribution in [0.4, 0.5) is 11.4 Å². The second-order valence-corrected chi connectivity index (χ2v) is 6.94. The summed E-state index contributed by atoms with van der Waals surface area (Å²) >= 11 is 3.34. The molecule has 1 atom stereocenters. The van der Waals surface area contributed by atoms with Crippen LogP contribution >= 0.6 is 15.9 Å². The Morgan fingerprint density at radius 3 is 2.60 bits per heavy atom. The molecule has 2 N–H and O–H groups in total. The number of rotatable bonds is 2. The normalized spacial score (nSPS) is 21.4. The van der Waals surface area contributed by atoms with Crippen molar-refractivity contribution in [1.29, 1.82) is 0 Å². The van der Waals surface area contributed by atoms with E-state index in [0.29, 0.717) is 16.9 Å². The third kappa shape index (κ3) is 2.42. The standard InChI is InChI=1S/C18H14BrN3O3/c19-11-5-7-12(8-6-11)20-17(25)18-10-9-15(23)22(18)14-4-2-1-3-13(14)16(24)21-18/h1-8H,9-10H2,(H,20,25)(H,21,24)/t18-/m1/s1. The second kappa shape index (κ2) is 5.70. The van der Waals surface area contributed by atoms with E-state index in [0.717, 1.165) is 4.47 Å².